The molecule has 8 heteroatoms. The second kappa shape index (κ2) is 8.18. The van der Waals surface area contributed by atoms with Crippen LogP contribution in [0, 0.1) is 13.8 Å². The number of rotatable bonds is 4. The van der Waals surface area contributed by atoms with Gasteiger partial charge in [0.25, 0.3) is 11.7 Å². The highest BCUT2D eigenvalue weighted by molar-refractivity contribution is 5.92. The average molecular weight is 394 g/mol. The Labute approximate surface area is 162 Å². The van der Waals surface area contributed by atoms with E-state index < -0.39 is 11.7 Å². The van der Waals surface area contributed by atoms with E-state index in [0.717, 1.165) is 47.1 Å². The Hall–Kier alpha value is -2.61. The minimum atomic E-state index is -4.35. The topological polar surface area (TPSA) is 50.9 Å². The number of carbonyl (C=O) groups excluding carboxylic acids is 1. The van der Waals surface area contributed by atoms with E-state index in [1.807, 2.05) is 36.9 Å². The summed E-state index contributed by atoms with van der Waals surface area (Å²) in [6, 6.07) is 8.37. The summed E-state index contributed by atoms with van der Waals surface area (Å²) >= 11 is 0. The molecule has 150 valence electrons. The number of nitrogens with zero attached hydrogens (tertiary/aromatic N) is 1. The number of amides is 1. The molecule has 0 aliphatic carbocycles. The summed E-state index contributed by atoms with van der Waals surface area (Å²) in [7, 11) is 0. The maximum absolute atomic E-state index is 12.7. The van der Waals surface area contributed by atoms with Gasteiger partial charge in [0, 0.05) is 11.8 Å². The largest absolute Gasteiger partial charge is 0.419 e. The molecule has 1 saturated heterocycles. The predicted octanol–water partition coefficient (Wildman–Crippen LogP) is 1.48. The highest BCUT2D eigenvalue weighted by Gasteiger charge is 2.33. The predicted molar refractivity (Wildman–Crippen MR) is 100 cm³/mol. The fourth-order valence-corrected chi connectivity index (χ4v) is 3.34. The second-order valence-corrected chi connectivity index (χ2v) is 7.17. The first kappa shape index (κ1) is 20.1. The molecule has 28 heavy (non-hydrogen) atoms. The summed E-state index contributed by atoms with van der Waals surface area (Å²) in [4.78, 5) is 18.3. The van der Waals surface area contributed by atoms with Crippen LogP contribution in [0.15, 0.2) is 36.5 Å². The molecule has 0 unspecified atom stereocenters. The molecule has 0 saturated carbocycles. The van der Waals surface area contributed by atoms with Crippen molar-refractivity contribution in [3.8, 4) is 0 Å². The summed E-state index contributed by atoms with van der Waals surface area (Å²) < 4.78 is 38.0. The summed E-state index contributed by atoms with van der Waals surface area (Å²) in [6.45, 7) is 7.20. The number of H-pyrrole nitrogens is 1. The number of hydrogen-bond donors (Lipinski definition) is 2. The third-order valence-electron chi connectivity index (χ3n) is 5.22. The van der Waals surface area contributed by atoms with E-state index in [-0.39, 0.29) is 5.91 Å². The summed E-state index contributed by atoms with van der Waals surface area (Å²) in [6.07, 6.45) is -3.35. The summed E-state index contributed by atoms with van der Waals surface area (Å²) in [5.41, 5.74) is 2.34. The molecule has 2 heterocycles. The van der Waals surface area contributed by atoms with Gasteiger partial charge in [-0.1, -0.05) is 12.1 Å². The van der Waals surface area contributed by atoms with Crippen LogP contribution in [0.1, 0.15) is 16.7 Å². The van der Waals surface area contributed by atoms with Gasteiger partial charge >= 0.3 is 6.18 Å². The second-order valence-electron chi connectivity index (χ2n) is 7.17. The number of hydrogen-bond acceptors (Lipinski definition) is 2. The van der Waals surface area contributed by atoms with Gasteiger partial charge in [0.1, 0.15) is 32.4 Å². The van der Waals surface area contributed by atoms with Crippen molar-refractivity contribution in [3.05, 3.63) is 53.2 Å². The molecule has 1 aliphatic rings. The molecule has 1 aromatic carbocycles. The lowest BCUT2D eigenvalue weighted by Gasteiger charge is -2.28. The standard InChI is InChI=1S/C20H23F3N4O/c1-14-4-3-5-17(15(14)2)25-19(28)13-26-8-10-27(11-9-26)18-7-6-16(12-24-18)20(21,22)23/h3-7,12H,8-11,13H2,1-2H3,(H,25,28)/p+2. The minimum Gasteiger partial charge on any atom is -0.321 e. The molecule has 0 atom stereocenters. The molecule has 0 spiro atoms. The van der Waals surface area contributed by atoms with E-state index in [0.29, 0.717) is 25.5 Å². The Morgan fingerprint density at radius 3 is 2.50 bits per heavy atom. The molecular formula is C20H25F3N4O+2. The van der Waals surface area contributed by atoms with Gasteiger partial charge in [0.15, 0.2) is 6.54 Å². The number of nitrogens with one attached hydrogen (secondary N) is 3. The monoisotopic (exact) mass is 394 g/mol. The molecule has 0 bridgehead atoms. The maximum Gasteiger partial charge on any atom is 0.419 e. The first-order valence-electron chi connectivity index (χ1n) is 9.27. The summed E-state index contributed by atoms with van der Waals surface area (Å²) in [5, 5.41) is 2.98. The van der Waals surface area contributed by atoms with Gasteiger partial charge in [-0.25, -0.2) is 4.98 Å². The number of anilines is 2. The van der Waals surface area contributed by atoms with E-state index in [4.69, 9.17) is 0 Å². The van der Waals surface area contributed by atoms with E-state index in [2.05, 4.69) is 10.3 Å². The number of pyridine rings is 1. The Kier molecular flexibility index (Phi) is 5.88. The molecule has 3 rings (SSSR count). The van der Waals surface area contributed by atoms with E-state index >= 15 is 0 Å². The smallest absolute Gasteiger partial charge is 0.321 e. The Balaban J connectivity index is 1.51. The number of piperazine rings is 1. The number of benzene rings is 1. The molecule has 0 radical (unpaired) electrons. The molecule has 1 aliphatic heterocycles. The zero-order valence-electron chi connectivity index (χ0n) is 16.0. The molecular weight excluding hydrogens is 369 g/mol. The number of alkyl halides is 3. The average Bonchev–Trinajstić information content (AvgIpc) is 2.65. The molecule has 1 fully saturated rings. The van der Waals surface area contributed by atoms with Crippen LogP contribution in [0.2, 0.25) is 0 Å². The van der Waals surface area contributed by atoms with Crippen molar-refractivity contribution in [3.63, 3.8) is 0 Å². The van der Waals surface area contributed by atoms with Crippen molar-refractivity contribution in [2.75, 3.05) is 42.9 Å². The van der Waals surface area contributed by atoms with Gasteiger partial charge in [-0.2, -0.15) is 13.2 Å². The highest BCUT2D eigenvalue weighted by Crippen LogP contribution is 2.28. The van der Waals surface area contributed by atoms with Gasteiger partial charge < -0.3 is 10.2 Å². The van der Waals surface area contributed by atoms with Crippen molar-refractivity contribution in [2.24, 2.45) is 0 Å². The molecule has 1 aromatic heterocycles. The normalized spacial score (nSPS) is 15.5. The van der Waals surface area contributed by atoms with Crippen LogP contribution in [0.25, 0.3) is 0 Å². The van der Waals surface area contributed by atoms with Crippen LogP contribution in [-0.2, 0) is 11.0 Å². The SMILES string of the molecule is Cc1cccc(NC(=O)C[NH+]2CCN(c3ccc(C(F)(F)F)c[nH+]3)CC2)c1C. The molecule has 5 nitrogen and oxygen atoms in total. The Morgan fingerprint density at radius 2 is 1.89 bits per heavy atom. The quantitative estimate of drug-likeness (QED) is 0.826. The lowest BCUT2D eigenvalue weighted by Crippen LogP contribution is -3.15. The number of aromatic nitrogens is 1. The van der Waals surface area contributed by atoms with Crippen LogP contribution in [0.4, 0.5) is 24.7 Å². The lowest BCUT2D eigenvalue weighted by atomic mass is 10.1. The number of quaternary nitrogens is 1. The first-order valence-corrected chi connectivity index (χ1v) is 9.27. The lowest BCUT2D eigenvalue weighted by molar-refractivity contribution is -0.892. The van der Waals surface area contributed by atoms with Crippen molar-refractivity contribution >= 4 is 17.4 Å². The maximum atomic E-state index is 12.7. The van der Waals surface area contributed by atoms with Crippen molar-refractivity contribution in [1.82, 2.24) is 0 Å². The Morgan fingerprint density at radius 1 is 1.18 bits per heavy atom. The van der Waals surface area contributed by atoms with Crippen molar-refractivity contribution < 1.29 is 27.8 Å². The molecule has 1 amide bonds. The van der Waals surface area contributed by atoms with Gasteiger partial charge in [-0.15, -0.1) is 0 Å². The number of halogens is 3. The number of carbonyl (C=O) groups is 1. The fraction of sp³-hybridized carbons (Fsp3) is 0.400. The van der Waals surface area contributed by atoms with Gasteiger partial charge in [0.2, 0.25) is 0 Å². The third-order valence-corrected chi connectivity index (χ3v) is 5.22. The van der Waals surface area contributed by atoms with Crippen LogP contribution in [0.3, 0.4) is 0 Å². The number of aryl methyl sites for hydroxylation is 1. The fourth-order valence-electron chi connectivity index (χ4n) is 3.34. The minimum absolute atomic E-state index is 0.0294. The zero-order valence-corrected chi connectivity index (χ0v) is 16.0. The Bertz CT molecular complexity index is 828. The third kappa shape index (κ3) is 4.81. The van der Waals surface area contributed by atoms with Crippen LogP contribution in [0.5, 0.6) is 0 Å². The van der Waals surface area contributed by atoms with E-state index in [9.17, 15) is 18.0 Å². The van der Waals surface area contributed by atoms with E-state index in [1.165, 1.54) is 6.07 Å². The van der Waals surface area contributed by atoms with Crippen molar-refractivity contribution in [1.29, 1.82) is 0 Å². The summed E-state index contributed by atoms with van der Waals surface area (Å²) in [5.74, 6) is 0.630. The van der Waals surface area contributed by atoms with Crippen LogP contribution < -0.4 is 20.1 Å². The van der Waals surface area contributed by atoms with Gasteiger partial charge in [-0.05, 0) is 37.1 Å². The molecule has 3 N–H and O–H groups in total. The highest BCUT2D eigenvalue weighted by atomic mass is 19.4. The van der Waals surface area contributed by atoms with E-state index in [1.54, 1.807) is 0 Å². The van der Waals surface area contributed by atoms with Crippen molar-refractivity contribution in [2.45, 2.75) is 20.0 Å². The van der Waals surface area contributed by atoms with Gasteiger partial charge in [0.05, 0.1) is 5.56 Å². The van der Waals surface area contributed by atoms with Crippen LogP contribution >= 0.6 is 0 Å². The first-order chi connectivity index (χ1) is 13.2. The molecule has 2 aromatic rings. The number of aromatic amines is 1. The zero-order chi connectivity index (χ0) is 20.3. The van der Waals surface area contributed by atoms with Crippen LogP contribution in [-0.4, -0.2) is 38.6 Å². The van der Waals surface area contributed by atoms with Gasteiger partial charge in [-0.3, -0.25) is 9.69 Å².